The van der Waals surface area contributed by atoms with E-state index in [0.717, 1.165) is 12.8 Å². The van der Waals surface area contributed by atoms with Crippen LogP contribution in [0.4, 0.5) is 5.69 Å². The summed E-state index contributed by atoms with van der Waals surface area (Å²) in [6.07, 6.45) is 1.66. The van der Waals surface area contributed by atoms with Crippen LogP contribution in [0.3, 0.4) is 0 Å². The summed E-state index contributed by atoms with van der Waals surface area (Å²) in [7, 11) is 1.62. The Morgan fingerprint density at radius 3 is 2.79 bits per heavy atom. The quantitative estimate of drug-likeness (QED) is 0.474. The molecule has 0 saturated carbocycles. The maximum absolute atomic E-state index is 11.7. The van der Waals surface area contributed by atoms with Gasteiger partial charge in [0.2, 0.25) is 0 Å². The van der Waals surface area contributed by atoms with Crippen molar-refractivity contribution in [2.24, 2.45) is 0 Å². The van der Waals surface area contributed by atoms with E-state index in [1.807, 2.05) is 0 Å². The molecule has 1 amide bonds. The molecule has 6 nitrogen and oxygen atoms in total. The molecule has 0 heterocycles. The first kappa shape index (κ1) is 15.4. The lowest BCUT2D eigenvalue weighted by molar-refractivity contribution is -0.384. The van der Waals surface area contributed by atoms with Crippen LogP contribution >= 0.6 is 11.6 Å². The smallest absolute Gasteiger partial charge is 0.287 e. The fourth-order valence-corrected chi connectivity index (χ4v) is 1.72. The van der Waals surface area contributed by atoms with Crippen molar-refractivity contribution in [2.45, 2.75) is 12.8 Å². The van der Waals surface area contributed by atoms with Gasteiger partial charge in [-0.1, -0.05) is 11.6 Å². The number of nitrogens with zero attached hydrogens (tertiary/aromatic N) is 1. The molecule has 0 aliphatic heterocycles. The van der Waals surface area contributed by atoms with Gasteiger partial charge in [0, 0.05) is 31.9 Å². The maximum Gasteiger partial charge on any atom is 0.287 e. The lowest BCUT2D eigenvalue weighted by Gasteiger charge is -2.05. The number of hydrogen-bond donors (Lipinski definition) is 1. The minimum Gasteiger partial charge on any atom is -0.385 e. The van der Waals surface area contributed by atoms with Crippen LogP contribution in [-0.4, -0.2) is 31.1 Å². The van der Waals surface area contributed by atoms with Crippen LogP contribution < -0.4 is 5.32 Å². The summed E-state index contributed by atoms with van der Waals surface area (Å²) in [5.41, 5.74) is 0.0978. The Kier molecular flexibility index (Phi) is 6.24. The Balaban J connectivity index is 2.53. The van der Waals surface area contributed by atoms with Gasteiger partial charge in [-0.05, 0) is 25.0 Å². The molecule has 0 atom stereocenters. The first-order chi connectivity index (χ1) is 9.06. The van der Waals surface area contributed by atoms with E-state index in [4.69, 9.17) is 16.3 Å². The molecule has 19 heavy (non-hydrogen) atoms. The molecule has 0 aliphatic carbocycles. The highest BCUT2D eigenvalue weighted by molar-refractivity contribution is 6.33. The summed E-state index contributed by atoms with van der Waals surface area (Å²) >= 11 is 5.73. The number of unbranched alkanes of at least 4 members (excludes halogenated alkanes) is 1. The Hall–Kier alpha value is -1.66. The van der Waals surface area contributed by atoms with E-state index in [0.29, 0.717) is 18.7 Å². The third-order valence-corrected chi connectivity index (χ3v) is 2.77. The van der Waals surface area contributed by atoms with Crippen LogP contribution in [0.2, 0.25) is 5.02 Å². The topological polar surface area (TPSA) is 81.5 Å². The van der Waals surface area contributed by atoms with Crippen molar-refractivity contribution in [1.29, 1.82) is 0 Å². The van der Waals surface area contributed by atoms with Crippen LogP contribution in [-0.2, 0) is 4.74 Å². The van der Waals surface area contributed by atoms with Crippen molar-refractivity contribution < 1.29 is 14.5 Å². The van der Waals surface area contributed by atoms with E-state index >= 15 is 0 Å². The molecular weight excluding hydrogens is 272 g/mol. The molecule has 0 spiro atoms. The number of halogens is 1. The first-order valence-electron chi connectivity index (χ1n) is 5.77. The standard InChI is InChI=1S/C12H15ClN2O4/c1-19-7-3-2-6-14-12(16)9-4-5-11(15(17)18)10(13)8-9/h4-5,8H,2-3,6-7H2,1H3,(H,14,16). The van der Waals surface area contributed by atoms with E-state index in [1.54, 1.807) is 7.11 Å². The Morgan fingerprint density at radius 2 is 2.21 bits per heavy atom. The van der Waals surface area contributed by atoms with Crippen molar-refractivity contribution in [3.05, 3.63) is 38.9 Å². The van der Waals surface area contributed by atoms with Crippen molar-refractivity contribution in [2.75, 3.05) is 20.3 Å². The van der Waals surface area contributed by atoms with Gasteiger partial charge in [-0.25, -0.2) is 0 Å². The lowest BCUT2D eigenvalue weighted by Crippen LogP contribution is -2.24. The third-order valence-electron chi connectivity index (χ3n) is 2.47. The summed E-state index contributed by atoms with van der Waals surface area (Å²) in [5, 5.41) is 13.3. The highest BCUT2D eigenvalue weighted by Crippen LogP contribution is 2.24. The Bertz CT molecular complexity index is 465. The molecule has 0 bridgehead atoms. The van der Waals surface area contributed by atoms with Crippen LogP contribution in [0, 0.1) is 10.1 Å². The second kappa shape index (κ2) is 7.70. The van der Waals surface area contributed by atoms with Gasteiger partial charge in [0.05, 0.1) is 4.92 Å². The zero-order chi connectivity index (χ0) is 14.3. The zero-order valence-corrected chi connectivity index (χ0v) is 11.3. The predicted molar refractivity (Wildman–Crippen MR) is 71.5 cm³/mol. The van der Waals surface area contributed by atoms with Gasteiger partial charge in [0.1, 0.15) is 5.02 Å². The van der Waals surface area contributed by atoms with Crippen molar-refractivity contribution in [1.82, 2.24) is 5.32 Å². The monoisotopic (exact) mass is 286 g/mol. The number of nitro groups is 1. The number of ether oxygens (including phenoxy) is 1. The molecule has 0 fully saturated rings. The fourth-order valence-electron chi connectivity index (χ4n) is 1.47. The van der Waals surface area contributed by atoms with Crippen molar-refractivity contribution in [3.63, 3.8) is 0 Å². The molecule has 7 heteroatoms. The summed E-state index contributed by atoms with van der Waals surface area (Å²) in [6, 6.07) is 3.90. The molecule has 1 N–H and O–H groups in total. The molecule has 0 radical (unpaired) electrons. The van der Waals surface area contributed by atoms with E-state index in [1.165, 1.54) is 18.2 Å². The molecule has 0 aromatic heterocycles. The third kappa shape index (κ3) is 4.84. The SMILES string of the molecule is COCCCCNC(=O)c1ccc([N+](=O)[O-])c(Cl)c1. The second-order valence-corrected chi connectivity index (χ2v) is 4.29. The van der Waals surface area contributed by atoms with Crippen LogP contribution in [0.25, 0.3) is 0 Å². The number of benzene rings is 1. The Labute approximate surface area is 115 Å². The molecule has 104 valence electrons. The number of carbonyl (C=O) groups excluding carboxylic acids is 1. The minimum absolute atomic E-state index is 0.0444. The van der Waals surface area contributed by atoms with E-state index < -0.39 is 4.92 Å². The number of carbonyl (C=O) groups is 1. The van der Waals surface area contributed by atoms with E-state index in [-0.39, 0.29) is 16.6 Å². The van der Waals surface area contributed by atoms with Crippen molar-refractivity contribution >= 4 is 23.2 Å². The number of rotatable bonds is 7. The van der Waals surface area contributed by atoms with Gasteiger partial charge in [-0.3, -0.25) is 14.9 Å². The molecule has 1 rings (SSSR count). The molecule has 1 aromatic rings. The average Bonchev–Trinajstić information content (AvgIpc) is 2.37. The average molecular weight is 287 g/mol. The summed E-state index contributed by atoms with van der Waals surface area (Å²) in [6.45, 7) is 1.18. The highest BCUT2D eigenvalue weighted by atomic mass is 35.5. The van der Waals surface area contributed by atoms with Gasteiger partial charge < -0.3 is 10.1 Å². The first-order valence-corrected chi connectivity index (χ1v) is 6.15. The number of nitro benzene ring substituents is 1. The predicted octanol–water partition coefficient (Wildman–Crippen LogP) is 2.40. The number of methoxy groups -OCH3 is 1. The molecule has 0 unspecified atom stereocenters. The van der Waals surface area contributed by atoms with Crippen molar-refractivity contribution in [3.8, 4) is 0 Å². The number of amides is 1. The summed E-state index contributed by atoms with van der Waals surface area (Å²) in [4.78, 5) is 21.7. The van der Waals surface area contributed by atoms with Crippen LogP contribution in [0.5, 0.6) is 0 Å². The molecule has 0 aliphatic rings. The van der Waals surface area contributed by atoms with Gasteiger partial charge in [0.25, 0.3) is 11.6 Å². The van der Waals surface area contributed by atoms with E-state index in [2.05, 4.69) is 5.32 Å². The largest absolute Gasteiger partial charge is 0.385 e. The lowest BCUT2D eigenvalue weighted by atomic mass is 10.2. The molecular formula is C12H15ClN2O4. The van der Waals surface area contributed by atoms with E-state index in [9.17, 15) is 14.9 Å². The Morgan fingerprint density at radius 1 is 1.47 bits per heavy atom. The van der Waals surface area contributed by atoms with Crippen LogP contribution in [0.1, 0.15) is 23.2 Å². The molecule has 0 saturated heterocycles. The van der Waals surface area contributed by atoms with Gasteiger partial charge >= 0.3 is 0 Å². The summed E-state index contributed by atoms with van der Waals surface area (Å²) in [5.74, 6) is -0.297. The fraction of sp³-hybridized carbons (Fsp3) is 0.417. The highest BCUT2D eigenvalue weighted by Gasteiger charge is 2.14. The minimum atomic E-state index is -0.589. The molecule has 1 aromatic carbocycles. The number of nitrogens with one attached hydrogen (secondary N) is 1. The van der Waals surface area contributed by atoms with Gasteiger partial charge in [-0.2, -0.15) is 0 Å². The second-order valence-electron chi connectivity index (χ2n) is 3.88. The normalized spacial score (nSPS) is 10.2. The zero-order valence-electron chi connectivity index (χ0n) is 10.5. The van der Waals surface area contributed by atoms with Gasteiger partial charge in [-0.15, -0.1) is 0 Å². The summed E-state index contributed by atoms with van der Waals surface area (Å²) < 4.78 is 4.89. The number of hydrogen-bond acceptors (Lipinski definition) is 4. The maximum atomic E-state index is 11.7. The van der Waals surface area contributed by atoms with Crippen LogP contribution in [0.15, 0.2) is 18.2 Å². The van der Waals surface area contributed by atoms with Gasteiger partial charge in [0.15, 0.2) is 0 Å².